The van der Waals surface area contributed by atoms with Crippen molar-refractivity contribution < 1.29 is 4.79 Å². The SMILES string of the molecule is CC1CCc2sc(C(=O)NC(C)c3ccccn3)cc2C1. The third kappa shape index (κ3) is 3.16. The Morgan fingerprint density at radius 3 is 3.10 bits per heavy atom. The highest BCUT2D eigenvalue weighted by Gasteiger charge is 2.21. The molecule has 21 heavy (non-hydrogen) atoms. The number of carbonyl (C=O) groups is 1. The van der Waals surface area contributed by atoms with Crippen LogP contribution in [0.4, 0.5) is 0 Å². The normalized spacial score (nSPS) is 18.9. The number of aryl methyl sites for hydroxylation is 1. The van der Waals surface area contributed by atoms with Crippen molar-refractivity contribution in [3.63, 3.8) is 0 Å². The first kappa shape index (κ1) is 14.3. The Kier molecular flexibility index (Phi) is 4.06. The van der Waals surface area contributed by atoms with Gasteiger partial charge in [0.2, 0.25) is 0 Å². The van der Waals surface area contributed by atoms with Gasteiger partial charge in [0.15, 0.2) is 0 Å². The maximum atomic E-state index is 12.4. The monoisotopic (exact) mass is 300 g/mol. The highest BCUT2D eigenvalue weighted by molar-refractivity contribution is 7.14. The van der Waals surface area contributed by atoms with E-state index in [9.17, 15) is 4.79 Å². The second-order valence-corrected chi connectivity index (χ2v) is 6.99. The van der Waals surface area contributed by atoms with Gasteiger partial charge in [0.05, 0.1) is 16.6 Å². The van der Waals surface area contributed by atoms with Gasteiger partial charge in [-0.1, -0.05) is 13.0 Å². The summed E-state index contributed by atoms with van der Waals surface area (Å²) in [6.07, 6.45) is 5.21. The number of nitrogens with one attached hydrogen (secondary N) is 1. The molecule has 2 atom stereocenters. The van der Waals surface area contributed by atoms with E-state index >= 15 is 0 Å². The van der Waals surface area contributed by atoms with E-state index in [2.05, 4.69) is 23.3 Å². The summed E-state index contributed by atoms with van der Waals surface area (Å²) >= 11 is 1.65. The fraction of sp³-hybridized carbons (Fsp3) is 0.412. The first-order valence-electron chi connectivity index (χ1n) is 7.47. The molecule has 0 saturated carbocycles. The van der Waals surface area contributed by atoms with E-state index in [1.165, 1.54) is 16.9 Å². The molecule has 2 aromatic rings. The smallest absolute Gasteiger partial charge is 0.261 e. The lowest BCUT2D eigenvalue weighted by molar-refractivity contribution is 0.0943. The summed E-state index contributed by atoms with van der Waals surface area (Å²) < 4.78 is 0. The molecule has 0 spiro atoms. The van der Waals surface area contributed by atoms with Crippen molar-refractivity contribution in [1.82, 2.24) is 10.3 Å². The van der Waals surface area contributed by atoms with Gasteiger partial charge in [0.25, 0.3) is 5.91 Å². The number of hydrogen-bond donors (Lipinski definition) is 1. The van der Waals surface area contributed by atoms with E-state index in [-0.39, 0.29) is 11.9 Å². The average molecular weight is 300 g/mol. The molecule has 1 N–H and O–H groups in total. The van der Waals surface area contributed by atoms with Gasteiger partial charge in [-0.3, -0.25) is 9.78 Å². The van der Waals surface area contributed by atoms with Crippen molar-refractivity contribution in [2.24, 2.45) is 5.92 Å². The average Bonchev–Trinajstić information content (AvgIpc) is 2.91. The zero-order chi connectivity index (χ0) is 14.8. The Balaban J connectivity index is 1.71. The summed E-state index contributed by atoms with van der Waals surface area (Å²) in [7, 11) is 0. The number of amides is 1. The molecule has 1 amide bonds. The minimum absolute atomic E-state index is 0.0141. The molecule has 2 heterocycles. The first-order chi connectivity index (χ1) is 10.1. The Morgan fingerprint density at radius 1 is 1.48 bits per heavy atom. The standard InChI is InChI=1S/C17H20N2OS/c1-11-6-7-15-13(9-11)10-16(21-15)17(20)19-12(2)14-5-3-4-8-18-14/h3-5,8,10-12H,6-7,9H2,1-2H3,(H,19,20). The van der Waals surface area contributed by atoms with Crippen molar-refractivity contribution in [3.8, 4) is 0 Å². The van der Waals surface area contributed by atoms with Gasteiger partial charge in [-0.2, -0.15) is 0 Å². The molecule has 3 nitrogen and oxygen atoms in total. The van der Waals surface area contributed by atoms with Crippen LogP contribution >= 0.6 is 11.3 Å². The van der Waals surface area contributed by atoms with Gasteiger partial charge in [-0.25, -0.2) is 0 Å². The molecule has 0 bridgehead atoms. The largest absolute Gasteiger partial charge is 0.343 e. The van der Waals surface area contributed by atoms with E-state index in [1.807, 2.05) is 25.1 Å². The molecule has 1 aliphatic rings. The topological polar surface area (TPSA) is 42.0 Å². The van der Waals surface area contributed by atoms with Gasteiger partial charge < -0.3 is 5.32 Å². The fourth-order valence-corrected chi connectivity index (χ4v) is 3.90. The van der Waals surface area contributed by atoms with Gasteiger partial charge in [0, 0.05) is 11.1 Å². The summed E-state index contributed by atoms with van der Waals surface area (Å²) in [5.74, 6) is 0.746. The van der Waals surface area contributed by atoms with Gasteiger partial charge in [-0.05, 0) is 55.9 Å². The number of pyridine rings is 1. The molecular weight excluding hydrogens is 280 g/mol. The molecule has 0 fully saturated rings. The van der Waals surface area contributed by atoms with Crippen molar-refractivity contribution in [2.75, 3.05) is 0 Å². The molecule has 0 aromatic carbocycles. The number of fused-ring (bicyclic) bond motifs is 1. The zero-order valence-electron chi connectivity index (χ0n) is 12.4. The van der Waals surface area contributed by atoms with Crippen LogP contribution in [0, 0.1) is 5.92 Å². The quantitative estimate of drug-likeness (QED) is 0.938. The van der Waals surface area contributed by atoms with Crippen LogP contribution in [0.5, 0.6) is 0 Å². The van der Waals surface area contributed by atoms with Crippen molar-refractivity contribution >= 4 is 17.2 Å². The number of nitrogens with zero attached hydrogens (tertiary/aromatic N) is 1. The molecule has 0 aliphatic heterocycles. The van der Waals surface area contributed by atoms with Crippen LogP contribution in [-0.4, -0.2) is 10.9 Å². The molecule has 2 aromatic heterocycles. The van der Waals surface area contributed by atoms with Crippen LogP contribution in [0.2, 0.25) is 0 Å². The van der Waals surface area contributed by atoms with Gasteiger partial charge >= 0.3 is 0 Å². The second-order valence-electron chi connectivity index (χ2n) is 5.86. The first-order valence-corrected chi connectivity index (χ1v) is 8.28. The number of rotatable bonds is 3. The predicted octanol–water partition coefficient (Wildman–Crippen LogP) is 3.76. The van der Waals surface area contributed by atoms with Crippen LogP contribution in [0.25, 0.3) is 0 Å². The van der Waals surface area contributed by atoms with Crippen LogP contribution in [0.3, 0.4) is 0 Å². The molecule has 0 radical (unpaired) electrons. The van der Waals surface area contributed by atoms with Crippen LogP contribution < -0.4 is 5.32 Å². The van der Waals surface area contributed by atoms with E-state index in [0.29, 0.717) is 0 Å². The molecule has 4 heteroatoms. The summed E-state index contributed by atoms with van der Waals surface area (Å²) in [5.41, 5.74) is 2.26. The number of hydrogen-bond acceptors (Lipinski definition) is 3. The highest BCUT2D eigenvalue weighted by Crippen LogP contribution is 2.32. The molecule has 0 saturated heterocycles. The summed E-state index contributed by atoms with van der Waals surface area (Å²) in [6, 6.07) is 7.77. The maximum absolute atomic E-state index is 12.4. The molecule has 3 rings (SSSR count). The van der Waals surface area contributed by atoms with Crippen molar-refractivity contribution in [3.05, 3.63) is 51.5 Å². The lowest BCUT2D eigenvalue weighted by Crippen LogP contribution is -2.26. The third-order valence-corrected chi connectivity index (χ3v) is 5.27. The van der Waals surface area contributed by atoms with E-state index in [0.717, 1.165) is 29.3 Å². The molecular formula is C17H20N2OS. The summed E-state index contributed by atoms with van der Waals surface area (Å²) in [5, 5.41) is 3.04. The zero-order valence-corrected chi connectivity index (χ0v) is 13.2. The molecule has 1 aliphatic carbocycles. The Labute approximate surface area is 129 Å². The number of thiophene rings is 1. The van der Waals surface area contributed by atoms with E-state index in [4.69, 9.17) is 0 Å². The summed E-state index contributed by atoms with van der Waals surface area (Å²) in [4.78, 5) is 18.9. The van der Waals surface area contributed by atoms with Crippen molar-refractivity contribution in [1.29, 1.82) is 0 Å². The summed E-state index contributed by atoms with van der Waals surface area (Å²) in [6.45, 7) is 4.25. The Morgan fingerprint density at radius 2 is 2.33 bits per heavy atom. The lowest BCUT2D eigenvalue weighted by atomic mass is 9.90. The van der Waals surface area contributed by atoms with Gasteiger partial charge in [-0.15, -0.1) is 11.3 Å². The minimum Gasteiger partial charge on any atom is -0.343 e. The Hall–Kier alpha value is -1.68. The van der Waals surface area contributed by atoms with E-state index in [1.54, 1.807) is 17.5 Å². The minimum atomic E-state index is -0.0725. The molecule has 2 unspecified atom stereocenters. The number of aromatic nitrogens is 1. The maximum Gasteiger partial charge on any atom is 0.261 e. The second kappa shape index (κ2) is 5.98. The van der Waals surface area contributed by atoms with Crippen LogP contribution in [-0.2, 0) is 12.8 Å². The number of carbonyl (C=O) groups excluding carboxylic acids is 1. The van der Waals surface area contributed by atoms with Crippen LogP contribution in [0.1, 0.15) is 52.1 Å². The van der Waals surface area contributed by atoms with E-state index < -0.39 is 0 Å². The van der Waals surface area contributed by atoms with Crippen molar-refractivity contribution in [2.45, 2.75) is 39.2 Å². The lowest BCUT2D eigenvalue weighted by Gasteiger charge is -2.16. The fourth-order valence-electron chi connectivity index (χ4n) is 2.79. The highest BCUT2D eigenvalue weighted by atomic mass is 32.1. The Bertz CT molecular complexity index is 635. The predicted molar refractivity (Wildman–Crippen MR) is 85.6 cm³/mol. The van der Waals surface area contributed by atoms with Crippen LogP contribution in [0.15, 0.2) is 30.5 Å². The molecule has 110 valence electrons. The third-order valence-electron chi connectivity index (χ3n) is 4.03. The van der Waals surface area contributed by atoms with Gasteiger partial charge in [0.1, 0.15) is 0 Å².